The number of benzene rings is 3. The Morgan fingerprint density at radius 2 is 1.75 bits per heavy atom. The number of likely N-dealkylation sites (N-methyl/N-ethyl adjacent to an activating group) is 1. The first kappa shape index (κ1) is 26.7. The van der Waals surface area contributed by atoms with E-state index in [4.69, 9.17) is 14.5 Å². The maximum atomic E-state index is 12.3. The minimum absolute atomic E-state index is 0.0622. The van der Waals surface area contributed by atoms with Gasteiger partial charge in [0.2, 0.25) is 5.91 Å². The summed E-state index contributed by atoms with van der Waals surface area (Å²) in [5.74, 6) is 0.930. The Balaban J connectivity index is 1.61. The van der Waals surface area contributed by atoms with Gasteiger partial charge in [-0.3, -0.25) is 14.9 Å². The zero-order chi connectivity index (χ0) is 28.4. The zero-order valence-corrected chi connectivity index (χ0v) is 22.4. The Morgan fingerprint density at radius 3 is 2.42 bits per heavy atom. The molecule has 4 aromatic rings. The summed E-state index contributed by atoms with van der Waals surface area (Å²) in [6, 6.07) is 17.0. The van der Waals surface area contributed by atoms with Gasteiger partial charge in [-0.1, -0.05) is 0 Å². The molecule has 2 N–H and O–H groups in total. The van der Waals surface area contributed by atoms with Gasteiger partial charge in [-0.05, 0) is 62.6 Å². The Morgan fingerprint density at radius 1 is 1.02 bits per heavy atom. The van der Waals surface area contributed by atoms with Crippen LogP contribution in [0.1, 0.15) is 18.1 Å². The van der Waals surface area contributed by atoms with Gasteiger partial charge in [0, 0.05) is 48.8 Å². The summed E-state index contributed by atoms with van der Waals surface area (Å²) < 4.78 is 11.4. The Labute approximate surface area is 230 Å². The van der Waals surface area contributed by atoms with Gasteiger partial charge in [-0.25, -0.2) is 4.99 Å². The second kappa shape index (κ2) is 11.1. The summed E-state index contributed by atoms with van der Waals surface area (Å²) in [5.41, 5.74) is 3.11. The smallest absolute Gasteiger partial charge is 0.271 e. The second-order valence-corrected chi connectivity index (χ2v) is 9.64. The number of hydrogen-bond donors (Lipinski definition) is 2. The van der Waals surface area contributed by atoms with E-state index in [1.165, 1.54) is 19.1 Å². The number of aromatic amines is 1. The molecule has 1 aliphatic rings. The van der Waals surface area contributed by atoms with E-state index in [-0.39, 0.29) is 17.5 Å². The molecular weight excluding hydrogens is 514 g/mol. The molecule has 0 aliphatic carbocycles. The van der Waals surface area contributed by atoms with Crippen molar-refractivity contribution in [2.24, 2.45) is 4.99 Å². The lowest BCUT2D eigenvalue weighted by Gasteiger charge is -2.23. The molecule has 11 nitrogen and oxygen atoms in total. The predicted octanol–water partition coefficient (Wildman–Crippen LogP) is 4.64. The molecule has 0 spiro atoms. The van der Waals surface area contributed by atoms with Crippen LogP contribution in [0.4, 0.5) is 17.1 Å². The van der Waals surface area contributed by atoms with Gasteiger partial charge in [0.25, 0.3) is 5.69 Å². The van der Waals surface area contributed by atoms with E-state index in [0.717, 1.165) is 5.69 Å². The van der Waals surface area contributed by atoms with Crippen LogP contribution < -0.4 is 14.4 Å². The molecule has 0 unspecified atom stereocenters. The number of non-ortho nitro benzene ring substituents is 1. The number of hydrogen-bond acceptors (Lipinski definition) is 8. The highest BCUT2D eigenvalue weighted by molar-refractivity contribution is 6.22. The third kappa shape index (κ3) is 5.45. The van der Waals surface area contributed by atoms with Crippen LogP contribution in [0.3, 0.4) is 0 Å². The molecule has 0 bridgehead atoms. The van der Waals surface area contributed by atoms with E-state index in [1.807, 2.05) is 37.2 Å². The number of anilines is 1. The highest BCUT2D eigenvalue weighted by Crippen LogP contribution is 2.37. The fourth-order valence-electron chi connectivity index (χ4n) is 4.58. The van der Waals surface area contributed by atoms with Crippen LogP contribution in [-0.2, 0) is 4.79 Å². The van der Waals surface area contributed by atoms with Crippen molar-refractivity contribution >= 4 is 39.6 Å². The van der Waals surface area contributed by atoms with Gasteiger partial charge in [0.05, 0.1) is 27.4 Å². The summed E-state index contributed by atoms with van der Waals surface area (Å²) in [4.78, 5) is 34.6. The van der Waals surface area contributed by atoms with Crippen molar-refractivity contribution in [2.75, 3.05) is 45.3 Å². The number of amides is 1. The monoisotopic (exact) mass is 543 g/mol. The van der Waals surface area contributed by atoms with E-state index in [0.29, 0.717) is 71.2 Å². The molecule has 1 aliphatic heterocycles. The minimum atomic E-state index is -0.489. The van der Waals surface area contributed by atoms with Crippen molar-refractivity contribution in [3.8, 4) is 17.4 Å². The maximum Gasteiger partial charge on any atom is 0.271 e. The number of ether oxygens (including phenoxy) is 2. The first-order chi connectivity index (χ1) is 19.2. The number of fused-ring (bicyclic) bond motifs is 2. The number of carbonyl (C=O) groups excluding carboxylic acids is 1. The minimum Gasteiger partial charge on any atom is -0.494 e. The van der Waals surface area contributed by atoms with Crippen LogP contribution in [0.2, 0.25) is 0 Å². The molecular formula is C29H29N5O6. The van der Waals surface area contributed by atoms with Crippen LogP contribution >= 0.6 is 0 Å². The molecule has 1 aromatic heterocycles. The fourth-order valence-corrected chi connectivity index (χ4v) is 4.58. The Hall–Kier alpha value is -4.90. The summed E-state index contributed by atoms with van der Waals surface area (Å²) in [7, 11) is 3.90. The zero-order valence-electron chi connectivity index (χ0n) is 22.4. The van der Waals surface area contributed by atoms with Crippen LogP contribution in [0.5, 0.6) is 17.4 Å². The Bertz CT molecular complexity index is 1610. The molecule has 0 fully saturated rings. The number of nitrogens with zero attached hydrogens (tertiary/aromatic N) is 4. The summed E-state index contributed by atoms with van der Waals surface area (Å²) in [6.45, 7) is 3.65. The maximum absolute atomic E-state index is 12.3. The first-order valence-corrected chi connectivity index (χ1v) is 12.7. The van der Waals surface area contributed by atoms with Crippen LogP contribution in [0, 0.1) is 10.1 Å². The van der Waals surface area contributed by atoms with Crippen molar-refractivity contribution in [3.63, 3.8) is 0 Å². The van der Waals surface area contributed by atoms with E-state index >= 15 is 0 Å². The fraction of sp³-hybridized carbons (Fsp3) is 0.241. The summed E-state index contributed by atoms with van der Waals surface area (Å²) >= 11 is 0. The van der Waals surface area contributed by atoms with Crippen LogP contribution in [0.25, 0.3) is 10.9 Å². The SMILES string of the molecule is CC(=O)N(CCN(C)C)c1ccc(N=C(c2ccc3c(c2)OCCO3)c2c(O)[nH]c3cc([N+](=O)[O-])ccc23)cc1. The Kier molecular flexibility index (Phi) is 7.39. The lowest BCUT2D eigenvalue weighted by Crippen LogP contribution is -2.35. The number of nitro benzene ring substituents is 1. The van der Waals surface area contributed by atoms with Crippen LogP contribution in [-0.4, -0.2) is 71.9 Å². The highest BCUT2D eigenvalue weighted by atomic mass is 16.6. The summed E-state index contributed by atoms with van der Waals surface area (Å²) in [6.07, 6.45) is 0. The molecule has 40 heavy (non-hydrogen) atoms. The molecule has 206 valence electrons. The lowest BCUT2D eigenvalue weighted by atomic mass is 10.00. The molecule has 1 amide bonds. The van der Waals surface area contributed by atoms with E-state index < -0.39 is 4.92 Å². The van der Waals surface area contributed by atoms with Gasteiger partial charge < -0.3 is 29.4 Å². The molecule has 5 rings (SSSR count). The van der Waals surface area contributed by atoms with Gasteiger partial charge in [-0.2, -0.15) is 0 Å². The molecule has 2 heterocycles. The number of nitro groups is 1. The lowest BCUT2D eigenvalue weighted by molar-refractivity contribution is -0.384. The number of rotatable bonds is 8. The van der Waals surface area contributed by atoms with E-state index in [1.54, 1.807) is 35.2 Å². The van der Waals surface area contributed by atoms with Crippen molar-refractivity contribution < 1.29 is 24.3 Å². The molecule has 0 saturated heterocycles. The number of aromatic nitrogens is 1. The third-order valence-electron chi connectivity index (χ3n) is 6.58. The van der Waals surface area contributed by atoms with Gasteiger partial charge in [-0.15, -0.1) is 0 Å². The average molecular weight is 544 g/mol. The molecule has 0 atom stereocenters. The van der Waals surface area contributed by atoms with Crippen molar-refractivity contribution in [1.29, 1.82) is 0 Å². The van der Waals surface area contributed by atoms with E-state index in [9.17, 15) is 20.0 Å². The van der Waals surface area contributed by atoms with Gasteiger partial charge in [0.1, 0.15) is 13.2 Å². The van der Waals surface area contributed by atoms with Crippen molar-refractivity contribution in [3.05, 3.63) is 81.9 Å². The molecule has 0 radical (unpaired) electrons. The predicted molar refractivity (Wildman–Crippen MR) is 152 cm³/mol. The highest BCUT2D eigenvalue weighted by Gasteiger charge is 2.23. The summed E-state index contributed by atoms with van der Waals surface area (Å²) in [5, 5.41) is 22.9. The number of nitrogens with one attached hydrogen (secondary N) is 1. The quantitative estimate of drug-likeness (QED) is 0.188. The number of aromatic hydroxyl groups is 1. The largest absolute Gasteiger partial charge is 0.494 e. The number of carbonyl (C=O) groups is 1. The normalized spacial score (nSPS) is 13.1. The van der Waals surface area contributed by atoms with Crippen molar-refractivity contribution in [2.45, 2.75) is 6.92 Å². The molecule has 0 saturated carbocycles. The van der Waals surface area contributed by atoms with Gasteiger partial charge >= 0.3 is 0 Å². The van der Waals surface area contributed by atoms with E-state index in [2.05, 4.69) is 4.98 Å². The molecule has 3 aromatic carbocycles. The molecule has 11 heteroatoms. The number of aliphatic imine (C=N–C) groups is 1. The van der Waals surface area contributed by atoms with Crippen molar-refractivity contribution in [1.82, 2.24) is 9.88 Å². The average Bonchev–Trinajstić information content (AvgIpc) is 3.26. The second-order valence-electron chi connectivity index (χ2n) is 9.64. The topological polar surface area (TPSA) is 134 Å². The van der Waals surface area contributed by atoms with Crippen LogP contribution in [0.15, 0.2) is 65.7 Å². The number of H-pyrrole nitrogens is 1. The standard InChI is InChI=1S/C29H29N5O6/c1-18(35)33(13-12-32(2)3)21-7-5-20(6-8-21)30-28(19-4-11-25-26(16-19)40-15-14-39-25)27-23-10-9-22(34(37)38)17-24(23)31-29(27)36/h4-11,16-17,31,36H,12-15H2,1-3H3. The third-order valence-corrected chi connectivity index (χ3v) is 6.58. The first-order valence-electron chi connectivity index (χ1n) is 12.7. The van der Waals surface area contributed by atoms with Gasteiger partial charge in [0.15, 0.2) is 17.4 Å².